The third kappa shape index (κ3) is 3.65. The predicted octanol–water partition coefficient (Wildman–Crippen LogP) is 4.11. The molecule has 0 aliphatic rings. The number of amides is 1. The fourth-order valence-corrected chi connectivity index (χ4v) is 3.37. The minimum absolute atomic E-state index is 0.236. The van der Waals surface area contributed by atoms with E-state index in [0.29, 0.717) is 28.5 Å². The smallest absolute Gasteiger partial charge is 0.259 e. The SMILES string of the molecule is COc1ccccc1C(=O)Nc1ccc(-c2ccc3nnc(-c4cccnc4)n3n2)cc1. The van der Waals surface area contributed by atoms with Crippen molar-refractivity contribution in [2.45, 2.75) is 0 Å². The standard InChI is InChI=1S/C24H18N6O2/c1-32-21-7-3-2-6-19(21)24(31)26-18-10-8-16(9-11-18)20-12-13-22-27-28-23(30(22)29-20)17-5-4-14-25-15-17/h2-15H,1H3,(H,26,31). The van der Waals surface area contributed by atoms with Crippen LogP contribution in [-0.4, -0.2) is 37.8 Å². The van der Waals surface area contributed by atoms with Gasteiger partial charge in [0.2, 0.25) is 0 Å². The molecule has 0 aliphatic heterocycles. The van der Waals surface area contributed by atoms with E-state index in [2.05, 4.69) is 20.5 Å². The van der Waals surface area contributed by atoms with Gasteiger partial charge < -0.3 is 10.1 Å². The molecule has 0 unspecified atom stereocenters. The van der Waals surface area contributed by atoms with Gasteiger partial charge in [0.15, 0.2) is 11.5 Å². The Kier molecular flexibility index (Phi) is 5.01. The molecule has 0 fully saturated rings. The summed E-state index contributed by atoms with van der Waals surface area (Å²) in [5.74, 6) is 0.911. The van der Waals surface area contributed by atoms with Crippen molar-refractivity contribution >= 4 is 17.2 Å². The van der Waals surface area contributed by atoms with Crippen LogP contribution in [0, 0.1) is 0 Å². The number of hydrogen-bond acceptors (Lipinski definition) is 6. The van der Waals surface area contributed by atoms with Crippen LogP contribution in [0.25, 0.3) is 28.3 Å². The van der Waals surface area contributed by atoms with Crippen LogP contribution >= 0.6 is 0 Å². The van der Waals surface area contributed by atoms with Gasteiger partial charge in [0.05, 0.1) is 18.4 Å². The molecule has 0 radical (unpaired) electrons. The quantitative estimate of drug-likeness (QED) is 0.458. The van der Waals surface area contributed by atoms with Crippen LogP contribution in [-0.2, 0) is 0 Å². The molecule has 0 saturated heterocycles. The Balaban J connectivity index is 1.41. The molecular formula is C24H18N6O2. The fourth-order valence-electron chi connectivity index (χ4n) is 3.37. The molecule has 32 heavy (non-hydrogen) atoms. The number of fused-ring (bicyclic) bond motifs is 1. The Bertz CT molecular complexity index is 1400. The Morgan fingerprint density at radius 3 is 2.53 bits per heavy atom. The molecule has 3 heterocycles. The highest BCUT2D eigenvalue weighted by Crippen LogP contribution is 2.23. The summed E-state index contributed by atoms with van der Waals surface area (Å²) in [6, 6.07) is 22.1. The van der Waals surface area contributed by atoms with E-state index in [4.69, 9.17) is 9.84 Å². The third-order valence-electron chi connectivity index (χ3n) is 4.97. The van der Waals surface area contributed by atoms with Gasteiger partial charge in [-0.2, -0.15) is 9.61 Å². The molecule has 0 atom stereocenters. The summed E-state index contributed by atoms with van der Waals surface area (Å²) in [7, 11) is 1.54. The number of hydrogen-bond donors (Lipinski definition) is 1. The number of nitrogens with zero attached hydrogens (tertiary/aromatic N) is 5. The highest BCUT2D eigenvalue weighted by atomic mass is 16.5. The molecule has 3 aromatic heterocycles. The second kappa shape index (κ2) is 8.27. The number of carbonyl (C=O) groups excluding carboxylic acids is 1. The van der Waals surface area contributed by atoms with E-state index in [1.807, 2.05) is 54.6 Å². The van der Waals surface area contributed by atoms with E-state index in [-0.39, 0.29) is 5.91 Å². The van der Waals surface area contributed by atoms with Crippen molar-refractivity contribution in [3.63, 3.8) is 0 Å². The molecule has 5 rings (SSSR count). The van der Waals surface area contributed by atoms with Gasteiger partial charge in [-0.25, -0.2) is 0 Å². The van der Waals surface area contributed by atoms with Crippen LogP contribution in [0.5, 0.6) is 5.75 Å². The summed E-state index contributed by atoms with van der Waals surface area (Å²) in [6.07, 6.45) is 3.43. The first-order valence-corrected chi connectivity index (χ1v) is 9.90. The maximum Gasteiger partial charge on any atom is 0.259 e. The zero-order valence-electron chi connectivity index (χ0n) is 17.1. The van der Waals surface area contributed by atoms with Gasteiger partial charge in [0, 0.05) is 29.2 Å². The molecule has 1 N–H and O–H groups in total. The zero-order chi connectivity index (χ0) is 21.9. The summed E-state index contributed by atoms with van der Waals surface area (Å²) >= 11 is 0. The van der Waals surface area contributed by atoms with E-state index < -0.39 is 0 Å². The molecule has 2 aromatic carbocycles. The molecule has 0 bridgehead atoms. The Hall–Kier alpha value is -4.59. The summed E-state index contributed by atoms with van der Waals surface area (Å²) in [4.78, 5) is 16.8. The van der Waals surface area contributed by atoms with Gasteiger partial charge in [-0.15, -0.1) is 10.2 Å². The second-order valence-corrected chi connectivity index (χ2v) is 6.99. The number of anilines is 1. The second-order valence-electron chi connectivity index (χ2n) is 6.99. The molecule has 8 heteroatoms. The third-order valence-corrected chi connectivity index (χ3v) is 4.97. The molecular weight excluding hydrogens is 404 g/mol. The highest BCUT2D eigenvalue weighted by molar-refractivity contribution is 6.06. The minimum Gasteiger partial charge on any atom is -0.496 e. The van der Waals surface area contributed by atoms with Gasteiger partial charge >= 0.3 is 0 Å². The van der Waals surface area contributed by atoms with E-state index in [1.165, 1.54) is 0 Å². The van der Waals surface area contributed by atoms with Crippen LogP contribution < -0.4 is 10.1 Å². The summed E-state index contributed by atoms with van der Waals surface area (Å²) in [5.41, 5.74) is 4.28. The van der Waals surface area contributed by atoms with Crippen molar-refractivity contribution in [2.24, 2.45) is 0 Å². The van der Waals surface area contributed by atoms with Crippen molar-refractivity contribution in [3.8, 4) is 28.4 Å². The number of aromatic nitrogens is 5. The van der Waals surface area contributed by atoms with Gasteiger partial charge in [-0.05, 0) is 48.5 Å². The first-order chi connectivity index (χ1) is 15.7. The zero-order valence-corrected chi connectivity index (χ0v) is 17.1. The monoisotopic (exact) mass is 422 g/mol. The Morgan fingerprint density at radius 2 is 1.75 bits per heavy atom. The van der Waals surface area contributed by atoms with E-state index in [0.717, 1.165) is 16.8 Å². The maximum absolute atomic E-state index is 12.6. The topological polar surface area (TPSA) is 94.3 Å². The lowest BCUT2D eigenvalue weighted by Gasteiger charge is -2.10. The van der Waals surface area contributed by atoms with E-state index in [9.17, 15) is 4.79 Å². The maximum atomic E-state index is 12.6. The van der Waals surface area contributed by atoms with Crippen LogP contribution in [0.4, 0.5) is 5.69 Å². The number of carbonyl (C=O) groups is 1. The normalized spacial score (nSPS) is 10.8. The molecule has 5 aromatic rings. The average Bonchev–Trinajstić information content (AvgIpc) is 3.28. The van der Waals surface area contributed by atoms with Crippen LogP contribution in [0.3, 0.4) is 0 Å². The van der Waals surface area contributed by atoms with Gasteiger partial charge in [0.25, 0.3) is 5.91 Å². The fraction of sp³-hybridized carbons (Fsp3) is 0.0417. The van der Waals surface area contributed by atoms with Crippen molar-refractivity contribution < 1.29 is 9.53 Å². The van der Waals surface area contributed by atoms with Crippen LogP contribution in [0.2, 0.25) is 0 Å². The number of rotatable bonds is 5. The molecule has 8 nitrogen and oxygen atoms in total. The number of benzene rings is 2. The lowest BCUT2D eigenvalue weighted by molar-refractivity contribution is 0.102. The van der Waals surface area contributed by atoms with Gasteiger partial charge in [-0.1, -0.05) is 24.3 Å². The average molecular weight is 422 g/mol. The summed E-state index contributed by atoms with van der Waals surface area (Å²) in [6.45, 7) is 0. The molecule has 0 saturated carbocycles. The number of pyridine rings is 1. The molecule has 1 amide bonds. The lowest BCUT2D eigenvalue weighted by Crippen LogP contribution is -2.13. The van der Waals surface area contributed by atoms with Crippen molar-refractivity contribution in [1.29, 1.82) is 0 Å². The van der Waals surface area contributed by atoms with Crippen molar-refractivity contribution in [1.82, 2.24) is 24.8 Å². The number of methoxy groups -OCH3 is 1. The molecule has 156 valence electrons. The van der Waals surface area contributed by atoms with Crippen molar-refractivity contribution in [2.75, 3.05) is 12.4 Å². The first-order valence-electron chi connectivity index (χ1n) is 9.90. The number of para-hydroxylation sites is 1. The summed E-state index contributed by atoms with van der Waals surface area (Å²) in [5, 5.41) is 16.0. The predicted molar refractivity (Wildman–Crippen MR) is 120 cm³/mol. The molecule has 0 spiro atoms. The van der Waals surface area contributed by atoms with Crippen LogP contribution in [0.15, 0.2) is 85.2 Å². The van der Waals surface area contributed by atoms with E-state index in [1.54, 1.807) is 42.2 Å². The van der Waals surface area contributed by atoms with Crippen molar-refractivity contribution in [3.05, 3.63) is 90.8 Å². The number of ether oxygens (including phenoxy) is 1. The minimum atomic E-state index is -0.236. The first kappa shape index (κ1) is 19.4. The lowest BCUT2D eigenvalue weighted by atomic mass is 10.1. The Morgan fingerprint density at radius 1 is 0.906 bits per heavy atom. The highest BCUT2D eigenvalue weighted by Gasteiger charge is 2.13. The van der Waals surface area contributed by atoms with Gasteiger partial charge in [-0.3, -0.25) is 9.78 Å². The largest absolute Gasteiger partial charge is 0.496 e. The Labute approximate surface area is 183 Å². The summed E-state index contributed by atoms with van der Waals surface area (Å²) < 4.78 is 6.96. The van der Waals surface area contributed by atoms with Crippen LogP contribution in [0.1, 0.15) is 10.4 Å². The number of nitrogens with one attached hydrogen (secondary N) is 1. The van der Waals surface area contributed by atoms with E-state index >= 15 is 0 Å². The van der Waals surface area contributed by atoms with Gasteiger partial charge in [0.1, 0.15) is 5.75 Å². The molecule has 0 aliphatic carbocycles.